The van der Waals surface area contributed by atoms with E-state index in [-0.39, 0.29) is 12.2 Å². The molecule has 2 aliphatic rings. The van der Waals surface area contributed by atoms with Crippen molar-refractivity contribution in [2.45, 2.75) is 44.8 Å². The molecule has 2 aliphatic heterocycles. The number of hydrogen-bond acceptors (Lipinski definition) is 4. The molecule has 0 bridgehead atoms. The van der Waals surface area contributed by atoms with Crippen LogP contribution in [0.25, 0.3) is 0 Å². The van der Waals surface area contributed by atoms with Crippen LogP contribution in [0.1, 0.15) is 32.6 Å². The number of nitrogens with one attached hydrogen (secondary N) is 1. The minimum atomic E-state index is 0.174. The predicted molar refractivity (Wildman–Crippen MR) is 87.4 cm³/mol. The minimum Gasteiger partial charge on any atom is -0.382 e. The third-order valence-electron chi connectivity index (χ3n) is 4.19. The van der Waals surface area contributed by atoms with Gasteiger partial charge in [0.1, 0.15) is 6.10 Å². The lowest BCUT2D eigenvalue weighted by atomic mass is 10.1. The van der Waals surface area contributed by atoms with E-state index in [1.807, 2.05) is 14.0 Å². The van der Waals surface area contributed by atoms with Crippen molar-refractivity contribution < 1.29 is 14.2 Å². The highest BCUT2D eigenvalue weighted by atomic mass is 16.5. The van der Waals surface area contributed by atoms with Crippen molar-refractivity contribution in [3.63, 3.8) is 0 Å². The molecular weight excluding hydrogens is 282 g/mol. The van der Waals surface area contributed by atoms with E-state index in [9.17, 15) is 0 Å². The van der Waals surface area contributed by atoms with Crippen LogP contribution in [0.5, 0.6) is 0 Å². The van der Waals surface area contributed by atoms with E-state index in [0.29, 0.717) is 0 Å². The summed E-state index contributed by atoms with van der Waals surface area (Å²) < 4.78 is 17.0. The zero-order valence-electron chi connectivity index (χ0n) is 14.1. The Morgan fingerprint density at radius 1 is 1.27 bits per heavy atom. The van der Waals surface area contributed by atoms with Crippen molar-refractivity contribution in [1.82, 2.24) is 10.2 Å². The van der Waals surface area contributed by atoms with E-state index in [2.05, 4.69) is 15.2 Å². The fourth-order valence-electron chi connectivity index (χ4n) is 2.99. The van der Waals surface area contributed by atoms with Crippen LogP contribution in [0.4, 0.5) is 0 Å². The largest absolute Gasteiger partial charge is 0.382 e. The number of rotatable bonds is 7. The van der Waals surface area contributed by atoms with Crippen molar-refractivity contribution in [3.8, 4) is 0 Å². The van der Waals surface area contributed by atoms with Crippen molar-refractivity contribution in [2.75, 3.05) is 53.1 Å². The molecule has 128 valence electrons. The average molecular weight is 313 g/mol. The second kappa shape index (κ2) is 10.0. The first-order valence-corrected chi connectivity index (χ1v) is 8.61. The van der Waals surface area contributed by atoms with Crippen LogP contribution < -0.4 is 5.32 Å². The molecule has 2 fully saturated rings. The van der Waals surface area contributed by atoms with E-state index in [4.69, 9.17) is 14.2 Å². The quantitative estimate of drug-likeness (QED) is 0.436. The molecule has 2 heterocycles. The predicted octanol–water partition coefficient (Wildman–Crippen LogP) is 1.26. The van der Waals surface area contributed by atoms with Gasteiger partial charge in [0.2, 0.25) is 0 Å². The first-order valence-electron chi connectivity index (χ1n) is 8.61. The van der Waals surface area contributed by atoms with Crippen LogP contribution in [-0.4, -0.2) is 76.2 Å². The summed E-state index contributed by atoms with van der Waals surface area (Å²) in [5.74, 6) is 0.975. The smallest absolute Gasteiger partial charge is 0.193 e. The van der Waals surface area contributed by atoms with E-state index in [1.165, 1.54) is 0 Å². The SMILES string of the molecule is CCOCCCCNC(=NC)N1CCOC(C2CCCO2)C1. The Labute approximate surface area is 134 Å². The van der Waals surface area contributed by atoms with Gasteiger partial charge in [-0.2, -0.15) is 0 Å². The lowest BCUT2D eigenvalue weighted by Gasteiger charge is -2.37. The minimum absolute atomic E-state index is 0.174. The van der Waals surface area contributed by atoms with Gasteiger partial charge < -0.3 is 24.4 Å². The third-order valence-corrected chi connectivity index (χ3v) is 4.19. The van der Waals surface area contributed by atoms with Crippen LogP contribution in [-0.2, 0) is 14.2 Å². The number of morpholine rings is 1. The molecule has 0 saturated carbocycles. The van der Waals surface area contributed by atoms with Gasteiger partial charge in [0.15, 0.2) is 5.96 Å². The number of guanidine groups is 1. The van der Waals surface area contributed by atoms with Gasteiger partial charge in [0, 0.05) is 46.5 Å². The van der Waals surface area contributed by atoms with Crippen LogP contribution in [0.15, 0.2) is 4.99 Å². The van der Waals surface area contributed by atoms with Crippen molar-refractivity contribution in [3.05, 3.63) is 0 Å². The maximum Gasteiger partial charge on any atom is 0.193 e. The van der Waals surface area contributed by atoms with Gasteiger partial charge in [0.05, 0.1) is 12.7 Å². The lowest BCUT2D eigenvalue weighted by Crippen LogP contribution is -2.53. The van der Waals surface area contributed by atoms with Gasteiger partial charge in [-0.15, -0.1) is 0 Å². The number of aliphatic imine (C=N–C) groups is 1. The fraction of sp³-hybridized carbons (Fsp3) is 0.938. The Balaban J connectivity index is 1.70. The van der Waals surface area contributed by atoms with Crippen LogP contribution in [0, 0.1) is 0 Å². The molecular formula is C16H31N3O3. The third kappa shape index (κ3) is 5.41. The number of nitrogens with zero attached hydrogens (tertiary/aromatic N) is 2. The van der Waals surface area contributed by atoms with Gasteiger partial charge in [0.25, 0.3) is 0 Å². The molecule has 2 saturated heterocycles. The summed E-state index contributed by atoms with van der Waals surface area (Å²) >= 11 is 0. The number of unbranched alkanes of at least 4 members (excludes halogenated alkanes) is 1. The van der Waals surface area contributed by atoms with Gasteiger partial charge in [-0.05, 0) is 32.6 Å². The summed E-state index contributed by atoms with van der Waals surface area (Å²) in [6.45, 7) is 7.98. The standard InChI is InChI=1S/C16H31N3O3/c1-3-20-10-5-4-8-18-16(17-2)19-9-12-22-15(13-19)14-7-6-11-21-14/h14-15H,3-13H2,1-2H3,(H,17,18). The molecule has 0 aromatic carbocycles. The maximum absolute atomic E-state index is 5.89. The Morgan fingerprint density at radius 2 is 2.14 bits per heavy atom. The Bertz CT molecular complexity index is 333. The molecule has 22 heavy (non-hydrogen) atoms. The highest BCUT2D eigenvalue weighted by molar-refractivity contribution is 5.80. The van der Waals surface area contributed by atoms with Gasteiger partial charge >= 0.3 is 0 Å². The highest BCUT2D eigenvalue weighted by Crippen LogP contribution is 2.20. The van der Waals surface area contributed by atoms with Gasteiger partial charge in [-0.3, -0.25) is 4.99 Å². The summed E-state index contributed by atoms with van der Waals surface area (Å²) in [5.41, 5.74) is 0. The van der Waals surface area contributed by atoms with Crippen molar-refractivity contribution >= 4 is 5.96 Å². The monoisotopic (exact) mass is 313 g/mol. The normalized spacial score (nSPS) is 26.5. The first-order chi connectivity index (χ1) is 10.8. The molecule has 2 atom stereocenters. The maximum atomic E-state index is 5.89. The summed E-state index contributed by atoms with van der Waals surface area (Å²) in [5, 5.41) is 3.45. The molecule has 2 rings (SSSR count). The van der Waals surface area contributed by atoms with E-state index in [1.54, 1.807) is 0 Å². The molecule has 0 aromatic rings. The fourth-order valence-corrected chi connectivity index (χ4v) is 2.99. The topological polar surface area (TPSA) is 55.3 Å². The second-order valence-electron chi connectivity index (χ2n) is 5.78. The molecule has 6 heteroatoms. The van der Waals surface area contributed by atoms with Gasteiger partial charge in [-0.1, -0.05) is 0 Å². The molecule has 0 radical (unpaired) electrons. The highest BCUT2D eigenvalue weighted by Gasteiger charge is 2.32. The van der Waals surface area contributed by atoms with Crippen LogP contribution >= 0.6 is 0 Å². The van der Waals surface area contributed by atoms with E-state index < -0.39 is 0 Å². The van der Waals surface area contributed by atoms with E-state index in [0.717, 1.165) is 77.7 Å². The molecule has 1 N–H and O–H groups in total. The average Bonchev–Trinajstić information content (AvgIpc) is 3.09. The second-order valence-corrected chi connectivity index (χ2v) is 5.78. The summed E-state index contributed by atoms with van der Waals surface area (Å²) in [4.78, 5) is 6.70. The Morgan fingerprint density at radius 3 is 2.86 bits per heavy atom. The Kier molecular flexibility index (Phi) is 7.98. The van der Waals surface area contributed by atoms with Crippen LogP contribution in [0.3, 0.4) is 0 Å². The molecule has 0 amide bonds. The molecule has 0 aliphatic carbocycles. The molecule has 0 spiro atoms. The van der Waals surface area contributed by atoms with Gasteiger partial charge in [-0.25, -0.2) is 0 Å². The Hall–Kier alpha value is -0.850. The zero-order valence-corrected chi connectivity index (χ0v) is 14.1. The van der Waals surface area contributed by atoms with Crippen LogP contribution in [0.2, 0.25) is 0 Å². The van der Waals surface area contributed by atoms with E-state index >= 15 is 0 Å². The summed E-state index contributed by atoms with van der Waals surface area (Å²) in [7, 11) is 1.85. The lowest BCUT2D eigenvalue weighted by molar-refractivity contribution is -0.0816. The number of hydrogen-bond donors (Lipinski definition) is 1. The molecule has 6 nitrogen and oxygen atoms in total. The molecule has 2 unspecified atom stereocenters. The summed E-state index contributed by atoms with van der Waals surface area (Å²) in [6.07, 6.45) is 4.87. The first kappa shape index (κ1) is 17.5. The van der Waals surface area contributed by atoms with Crippen molar-refractivity contribution in [1.29, 1.82) is 0 Å². The number of ether oxygens (including phenoxy) is 3. The molecule has 0 aromatic heterocycles. The summed E-state index contributed by atoms with van der Waals surface area (Å²) in [6, 6.07) is 0. The zero-order chi connectivity index (χ0) is 15.6. The van der Waals surface area contributed by atoms with Crippen molar-refractivity contribution in [2.24, 2.45) is 4.99 Å².